The lowest BCUT2D eigenvalue weighted by molar-refractivity contribution is 0.594. The molecule has 3 aromatic rings. The lowest BCUT2D eigenvalue weighted by atomic mass is 10.1. The fourth-order valence-corrected chi connectivity index (χ4v) is 2.11. The summed E-state index contributed by atoms with van der Waals surface area (Å²) in [4.78, 5) is 0. The Morgan fingerprint density at radius 1 is 0.842 bits per heavy atom. The highest BCUT2D eigenvalue weighted by atomic mass is 19.1. The summed E-state index contributed by atoms with van der Waals surface area (Å²) in [5.74, 6) is 1.38. The van der Waals surface area contributed by atoms with Crippen LogP contribution < -0.4 is 0 Å². The molecule has 0 radical (unpaired) electrons. The Labute approximate surface area is 111 Å². The molecule has 0 amide bonds. The fourth-order valence-electron chi connectivity index (χ4n) is 2.11. The lowest BCUT2D eigenvalue weighted by Crippen LogP contribution is -1.78. The molecule has 1 aromatic heterocycles. The third-order valence-electron chi connectivity index (χ3n) is 3.08. The largest absolute Gasteiger partial charge is 0.456 e. The van der Waals surface area contributed by atoms with Gasteiger partial charge in [0.2, 0.25) is 0 Å². The second-order valence-corrected chi connectivity index (χ2v) is 4.50. The van der Waals surface area contributed by atoms with Crippen molar-refractivity contribution in [1.29, 1.82) is 0 Å². The van der Waals surface area contributed by atoms with Gasteiger partial charge in [-0.3, -0.25) is 0 Å². The van der Waals surface area contributed by atoms with E-state index in [9.17, 15) is 4.39 Å². The first-order chi connectivity index (χ1) is 9.24. The van der Waals surface area contributed by atoms with Crippen molar-refractivity contribution in [3.8, 4) is 22.6 Å². The van der Waals surface area contributed by atoms with Crippen LogP contribution in [0.25, 0.3) is 22.6 Å². The molecular weight excluding hydrogens is 239 g/mol. The Hall–Kier alpha value is -2.35. The molecule has 0 fully saturated rings. The molecule has 2 aromatic carbocycles. The van der Waals surface area contributed by atoms with E-state index < -0.39 is 0 Å². The monoisotopic (exact) mass is 252 g/mol. The molecule has 0 saturated carbocycles. The molecule has 0 aliphatic rings. The number of halogens is 1. The average molecular weight is 252 g/mol. The first-order valence-corrected chi connectivity index (χ1v) is 6.16. The highest BCUT2D eigenvalue weighted by Crippen LogP contribution is 2.32. The molecule has 0 bridgehead atoms. The Balaban J connectivity index is 2.05. The Morgan fingerprint density at radius 2 is 1.53 bits per heavy atom. The topological polar surface area (TPSA) is 13.1 Å². The van der Waals surface area contributed by atoms with Gasteiger partial charge in [0.25, 0.3) is 0 Å². The van der Waals surface area contributed by atoms with Gasteiger partial charge in [-0.1, -0.05) is 30.3 Å². The maximum atomic E-state index is 12.9. The predicted octanol–water partition coefficient (Wildman–Crippen LogP) is 5.06. The van der Waals surface area contributed by atoms with E-state index in [1.807, 2.05) is 43.3 Å². The van der Waals surface area contributed by atoms with Crippen molar-refractivity contribution in [3.63, 3.8) is 0 Å². The molecule has 0 saturated heterocycles. The Morgan fingerprint density at radius 3 is 2.21 bits per heavy atom. The molecule has 94 valence electrons. The van der Waals surface area contributed by atoms with E-state index in [0.29, 0.717) is 0 Å². The molecule has 1 nitrogen and oxygen atoms in total. The molecule has 0 N–H and O–H groups in total. The second kappa shape index (κ2) is 4.73. The van der Waals surface area contributed by atoms with Crippen LogP contribution in [0.4, 0.5) is 4.39 Å². The molecular formula is C17H13FO. The van der Waals surface area contributed by atoms with Crippen LogP contribution in [0.5, 0.6) is 0 Å². The van der Waals surface area contributed by atoms with E-state index in [-0.39, 0.29) is 5.82 Å². The molecule has 1 heterocycles. The van der Waals surface area contributed by atoms with E-state index in [2.05, 4.69) is 0 Å². The van der Waals surface area contributed by atoms with E-state index in [0.717, 1.165) is 28.2 Å². The van der Waals surface area contributed by atoms with Crippen molar-refractivity contribution in [1.82, 2.24) is 0 Å². The molecule has 0 aliphatic heterocycles. The zero-order valence-corrected chi connectivity index (χ0v) is 10.6. The van der Waals surface area contributed by atoms with Gasteiger partial charge in [-0.15, -0.1) is 0 Å². The highest BCUT2D eigenvalue weighted by Gasteiger charge is 2.11. The van der Waals surface area contributed by atoms with Crippen molar-refractivity contribution in [2.45, 2.75) is 6.92 Å². The number of furan rings is 1. The van der Waals surface area contributed by atoms with Gasteiger partial charge >= 0.3 is 0 Å². The highest BCUT2D eigenvalue weighted by molar-refractivity contribution is 5.68. The maximum absolute atomic E-state index is 12.9. The van der Waals surface area contributed by atoms with Crippen LogP contribution in [0.3, 0.4) is 0 Å². The summed E-state index contributed by atoms with van der Waals surface area (Å²) in [7, 11) is 0. The SMILES string of the molecule is Cc1cc(-c2ccccc2)oc1-c1ccc(F)cc1. The molecule has 19 heavy (non-hydrogen) atoms. The lowest BCUT2D eigenvalue weighted by Gasteiger charge is -1.99. The van der Waals surface area contributed by atoms with Gasteiger partial charge in [0.05, 0.1) is 0 Å². The van der Waals surface area contributed by atoms with E-state index in [4.69, 9.17) is 4.42 Å². The molecule has 0 unspecified atom stereocenters. The first kappa shape index (κ1) is 11.7. The molecule has 0 atom stereocenters. The van der Waals surface area contributed by atoms with Crippen LogP contribution >= 0.6 is 0 Å². The summed E-state index contributed by atoms with van der Waals surface area (Å²) < 4.78 is 18.8. The minimum absolute atomic E-state index is 0.240. The zero-order valence-electron chi connectivity index (χ0n) is 10.6. The quantitative estimate of drug-likeness (QED) is 0.621. The van der Waals surface area contributed by atoms with Crippen LogP contribution in [0.15, 0.2) is 65.1 Å². The Bertz CT molecular complexity index is 681. The molecule has 0 aliphatic carbocycles. The van der Waals surface area contributed by atoms with Gasteiger partial charge in [-0.2, -0.15) is 0 Å². The molecule has 0 spiro atoms. The smallest absolute Gasteiger partial charge is 0.137 e. The van der Waals surface area contributed by atoms with Crippen molar-refractivity contribution in [3.05, 3.63) is 72.0 Å². The number of aryl methyl sites for hydroxylation is 1. The van der Waals surface area contributed by atoms with Crippen LogP contribution in [0, 0.1) is 12.7 Å². The van der Waals surface area contributed by atoms with Crippen LogP contribution in [0.1, 0.15) is 5.56 Å². The summed E-state index contributed by atoms with van der Waals surface area (Å²) in [6, 6.07) is 18.3. The summed E-state index contributed by atoms with van der Waals surface area (Å²) in [6.45, 7) is 1.99. The van der Waals surface area contributed by atoms with Gasteiger partial charge < -0.3 is 4.42 Å². The number of hydrogen-bond donors (Lipinski definition) is 0. The third-order valence-corrected chi connectivity index (χ3v) is 3.08. The standard InChI is InChI=1S/C17H13FO/c1-12-11-16(13-5-3-2-4-6-13)19-17(12)14-7-9-15(18)10-8-14/h2-11H,1H3. The minimum atomic E-state index is -0.240. The van der Waals surface area contributed by atoms with Crippen LogP contribution in [-0.2, 0) is 0 Å². The minimum Gasteiger partial charge on any atom is -0.456 e. The van der Waals surface area contributed by atoms with Crippen molar-refractivity contribution >= 4 is 0 Å². The second-order valence-electron chi connectivity index (χ2n) is 4.50. The van der Waals surface area contributed by atoms with Crippen molar-refractivity contribution < 1.29 is 8.81 Å². The molecule has 2 heteroatoms. The number of hydrogen-bond acceptors (Lipinski definition) is 1. The molecule has 3 rings (SSSR count). The third kappa shape index (κ3) is 2.29. The van der Waals surface area contributed by atoms with Gasteiger partial charge in [0.1, 0.15) is 17.3 Å². The Kier molecular flexibility index (Phi) is 2.92. The van der Waals surface area contributed by atoms with E-state index in [1.165, 1.54) is 12.1 Å². The van der Waals surface area contributed by atoms with Crippen LogP contribution in [0.2, 0.25) is 0 Å². The van der Waals surface area contributed by atoms with Crippen LogP contribution in [-0.4, -0.2) is 0 Å². The fraction of sp³-hybridized carbons (Fsp3) is 0.0588. The summed E-state index contributed by atoms with van der Waals surface area (Å²) in [5, 5.41) is 0. The summed E-state index contributed by atoms with van der Waals surface area (Å²) >= 11 is 0. The zero-order chi connectivity index (χ0) is 13.2. The van der Waals surface area contributed by atoms with Gasteiger partial charge in [-0.05, 0) is 42.8 Å². The maximum Gasteiger partial charge on any atom is 0.137 e. The number of rotatable bonds is 2. The van der Waals surface area contributed by atoms with E-state index in [1.54, 1.807) is 12.1 Å². The predicted molar refractivity (Wildman–Crippen MR) is 74.3 cm³/mol. The van der Waals surface area contributed by atoms with E-state index >= 15 is 0 Å². The van der Waals surface area contributed by atoms with Gasteiger partial charge in [0.15, 0.2) is 0 Å². The van der Waals surface area contributed by atoms with Crippen molar-refractivity contribution in [2.24, 2.45) is 0 Å². The summed E-state index contributed by atoms with van der Waals surface area (Å²) in [6.07, 6.45) is 0. The van der Waals surface area contributed by atoms with Gasteiger partial charge in [0, 0.05) is 11.1 Å². The van der Waals surface area contributed by atoms with Gasteiger partial charge in [-0.25, -0.2) is 4.39 Å². The first-order valence-electron chi connectivity index (χ1n) is 6.16. The summed E-state index contributed by atoms with van der Waals surface area (Å²) in [5.41, 5.74) is 2.98. The average Bonchev–Trinajstić information content (AvgIpc) is 2.83. The van der Waals surface area contributed by atoms with Crippen molar-refractivity contribution in [2.75, 3.05) is 0 Å². The normalized spacial score (nSPS) is 10.6. The number of benzene rings is 2.